The molecule has 0 saturated heterocycles. The van der Waals surface area contributed by atoms with Gasteiger partial charge in [-0.25, -0.2) is 4.79 Å². The number of rotatable bonds is 15. The number of aliphatic hydroxyl groups excluding tert-OH is 1. The van der Waals surface area contributed by atoms with Gasteiger partial charge in [0.2, 0.25) is 17.7 Å². The average molecular weight is 479 g/mol. The third-order valence-corrected chi connectivity index (χ3v) is 5.46. The van der Waals surface area contributed by atoms with E-state index >= 15 is 0 Å². The number of aliphatic carboxylic acids is 2. The molecule has 32 heavy (non-hydrogen) atoms. The van der Waals surface area contributed by atoms with Gasteiger partial charge in [0.15, 0.2) is 0 Å². The fraction of sp³-hybridized carbons (Fsp3) is 0.737. The second kappa shape index (κ2) is 14.6. The van der Waals surface area contributed by atoms with E-state index < -0.39 is 72.3 Å². The van der Waals surface area contributed by atoms with Gasteiger partial charge in [0.05, 0.1) is 18.6 Å². The molecule has 13 heteroatoms. The number of nitrogens with one attached hydrogen (secondary N) is 3. The van der Waals surface area contributed by atoms with Gasteiger partial charge in [0, 0.05) is 0 Å². The smallest absolute Gasteiger partial charge is 0.326 e. The van der Waals surface area contributed by atoms with E-state index in [-0.39, 0.29) is 0 Å². The predicted octanol–water partition coefficient (Wildman–Crippen LogP) is -1.49. The molecule has 0 aromatic rings. The lowest BCUT2D eigenvalue weighted by atomic mass is 9.98. The quantitative estimate of drug-likeness (QED) is 0.145. The van der Waals surface area contributed by atoms with Crippen molar-refractivity contribution in [2.24, 2.45) is 11.7 Å². The molecule has 0 aromatic heterocycles. The van der Waals surface area contributed by atoms with E-state index in [1.807, 2.05) is 6.26 Å². The molecule has 6 atom stereocenters. The third kappa shape index (κ3) is 10.3. The first-order chi connectivity index (χ1) is 14.8. The average Bonchev–Trinajstić information content (AvgIpc) is 2.71. The van der Waals surface area contributed by atoms with Crippen LogP contribution < -0.4 is 21.7 Å². The zero-order valence-electron chi connectivity index (χ0n) is 18.7. The summed E-state index contributed by atoms with van der Waals surface area (Å²) >= 11 is 1.48. The molecule has 184 valence electrons. The lowest BCUT2D eigenvalue weighted by Crippen LogP contribution is -2.60. The normalized spacial score (nSPS) is 16.6. The van der Waals surface area contributed by atoms with Gasteiger partial charge in [0.25, 0.3) is 0 Å². The number of aliphatic hydroxyl groups is 1. The molecule has 3 amide bonds. The Bertz CT molecular complexity index is 676. The summed E-state index contributed by atoms with van der Waals surface area (Å²) in [4.78, 5) is 60.1. The Hall–Kier alpha value is -2.38. The number of carbonyl (C=O) groups excluding carboxylic acids is 3. The minimum Gasteiger partial charge on any atom is -0.481 e. The molecule has 0 heterocycles. The summed E-state index contributed by atoms with van der Waals surface area (Å²) in [5.74, 6) is -5.30. The molecule has 0 spiro atoms. The Kier molecular flexibility index (Phi) is 13.5. The van der Waals surface area contributed by atoms with E-state index in [0.29, 0.717) is 18.6 Å². The summed E-state index contributed by atoms with van der Waals surface area (Å²) in [6, 6.07) is -5.35. The highest BCUT2D eigenvalue weighted by Gasteiger charge is 2.34. The Morgan fingerprint density at radius 2 is 1.50 bits per heavy atom. The molecule has 0 fully saturated rings. The van der Waals surface area contributed by atoms with Crippen LogP contribution in [-0.2, 0) is 24.0 Å². The van der Waals surface area contributed by atoms with Crippen LogP contribution in [0.4, 0.5) is 0 Å². The van der Waals surface area contributed by atoms with Crippen molar-refractivity contribution in [2.75, 3.05) is 12.0 Å². The van der Waals surface area contributed by atoms with Crippen molar-refractivity contribution < 1.29 is 39.3 Å². The molecule has 0 aliphatic rings. The highest BCUT2D eigenvalue weighted by molar-refractivity contribution is 7.98. The highest BCUT2D eigenvalue weighted by Crippen LogP contribution is 2.09. The number of carboxylic acids is 2. The highest BCUT2D eigenvalue weighted by atomic mass is 32.2. The molecule has 0 saturated carbocycles. The van der Waals surface area contributed by atoms with E-state index in [1.54, 1.807) is 13.8 Å². The van der Waals surface area contributed by atoms with Crippen LogP contribution in [0, 0.1) is 5.92 Å². The Labute approximate surface area is 191 Å². The molecule has 0 aliphatic heterocycles. The van der Waals surface area contributed by atoms with Crippen molar-refractivity contribution >= 4 is 41.4 Å². The van der Waals surface area contributed by atoms with Gasteiger partial charge in [-0.1, -0.05) is 20.3 Å². The summed E-state index contributed by atoms with van der Waals surface area (Å²) in [7, 11) is 0. The summed E-state index contributed by atoms with van der Waals surface area (Å²) in [5, 5.41) is 35.1. The van der Waals surface area contributed by atoms with E-state index in [2.05, 4.69) is 16.0 Å². The van der Waals surface area contributed by atoms with E-state index in [9.17, 15) is 34.2 Å². The topological polar surface area (TPSA) is 208 Å². The van der Waals surface area contributed by atoms with Crippen LogP contribution in [0.15, 0.2) is 0 Å². The predicted molar refractivity (Wildman–Crippen MR) is 118 cm³/mol. The van der Waals surface area contributed by atoms with Gasteiger partial charge in [-0.15, -0.1) is 0 Å². The molecule has 0 radical (unpaired) electrons. The standard InChI is InChI=1S/C19H34N4O8S/c1-5-9(2)14(19(30)31)22-17(28)12(8-13(25)26)21-18(29)15(10(3)24)23-16(27)11(20)6-7-32-4/h9-12,14-15,24H,5-8,20H2,1-4H3,(H,21,29)(H,22,28)(H,23,27)(H,25,26)(H,30,31). The largest absolute Gasteiger partial charge is 0.481 e. The molecule has 0 rings (SSSR count). The number of nitrogens with two attached hydrogens (primary N) is 1. The monoisotopic (exact) mass is 478 g/mol. The zero-order valence-corrected chi connectivity index (χ0v) is 19.5. The van der Waals surface area contributed by atoms with Crippen molar-refractivity contribution in [1.29, 1.82) is 0 Å². The Morgan fingerprint density at radius 1 is 0.938 bits per heavy atom. The van der Waals surface area contributed by atoms with Crippen molar-refractivity contribution in [3.63, 3.8) is 0 Å². The second-order valence-corrected chi connectivity index (χ2v) is 8.47. The van der Waals surface area contributed by atoms with Gasteiger partial charge >= 0.3 is 11.9 Å². The van der Waals surface area contributed by atoms with Crippen LogP contribution in [0.1, 0.15) is 40.0 Å². The molecule has 0 aliphatic carbocycles. The summed E-state index contributed by atoms with van der Waals surface area (Å²) in [6.07, 6.45) is 0.378. The molecular formula is C19H34N4O8S. The van der Waals surface area contributed by atoms with E-state index in [0.717, 1.165) is 0 Å². The first-order valence-electron chi connectivity index (χ1n) is 10.1. The molecule has 8 N–H and O–H groups in total. The van der Waals surface area contributed by atoms with Gasteiger partial charge in [0.1, 0.15) is 18.1 Å². The SMILES string of the molecule is CCC(C)C(NC(=O)C(CC(=O)O)NC(=O)C(NC(=O)C(N)CCSC)C(C)O)C(=O)O. The van der Waals surface area contributed by atoms with Crippen LogP contribution in [0.5, 0.6) is 0 Å². The first-order valence-corrected chi connectivity index (χ1v) is 11.5. The lowest BCUT2D eigenvalue weighted by Gasteiger charge is -2.27. The van der Waals surface area contributed by atoms with Gasteiger partial charge in [-0.05, 0) is 31.3 Å². The fourth-order valence-corrected chi connectivity index (χ4v) is 3.11. The number of amides is 3. The molecule has 6 unspecified atom stereocenters. The zero-order chi connectivity index (χ0) is 25.0. The van der Waals surface area contributed by atoms with Crippen LogP contribution >= 0.6 is 11.8 Å². The second-order valence-electron chi connectivity index (χ2n) is 7.48. The van der Waals surface area contributed by atoms with Crippen LogP contribution in [0.3, 0.4) is 0 Å². The number of carboxylic acid groups (broad SMARTS) is 2. The van der Waals surface area contributed by atoms with E-state index in [4.69, 9.17) is 10.8 Å². The molecule has 0 bridgehead atoms. The summed E-state index contributed by atoms with van der Waals surface area (Å²) in [6.45, 7) is 4.56. The number of hydrogen-bond acceptors (Lipinski definition) is 8. The van der Waals surface area contributed by atoms with Gasteiger partial charge in [-0.2, -0.15) is 11.8 Å². The Balaban J connectivity index is 5.45. The fourth-order valence-electron chi connectivity index (χ4n) is 2.62. The van der Waals surface area contributed by atoms with Crippen molar-refractivity contribution in [3.8, 4) is 0 Å². The van der Waals surface area contributed by atoms with Crippen molar-refractivity contribution in [3.05, 3.63) is 0 Å². The summed E-state index contributed by atoms with van der Waals surface area (Å²) < 4.78 is 0. The number of thioether (sulfide) groups is 1. The Morgan fingerprint density at radius 3 is 1.94 bits per heavy atom. The van der Waals surface area contributed by atoms with Crippen molar-refractivity contribution in [1.82, 2.24) is 16.0 Å². The minimum atomic E-state index is -1.63. The maximum Gasteiger partial charge on any atom is 0.326 e. The molecule has 12 nitrogen and oxygen atoms in total. The maximum absolute atomic E-state index is 12.6. The molecule has 0 aromatic carbocycles. The van der Waals surface area contributed by atoms with Crippen LogP contribution in [0.2, 0.25) is 0 Å². The maximum atomic E-state index is 12.6. The van der Waals surface area contributed by atoms with Crippen LogP contribution in [0.25, 0.3) is 0 Å². The van der Waals surface area contributed by atoms with Crippen molar-refractivity contribution in [2.45, 2.75) is 70.3 Å². The van der Waals surface area contributed by atoms with Gasteiger partial charge in [-0.3, -0.25) is 19.2 Å². The number of hydrogen-bond donors (Lipinski definition) is 7. The number of carbonyl (C=O) groups is 5. The lowest BCUT2D eigenvalue weighted by molar-refractivity contribution is -0.145. The first kappa shape index (κ1) is 29.6. The van der Waals surface area contributed by atoms with Gasteiger partial charge < -0.3 is 37.0 Å². The van der Waals surface area contributed by atoms with E-state index in [1.165, 1.54) is 18.7 Å². The third-order valence-electron chi connectivity index (χ3n) is 4.82. The van der Waals surface area contributed by atoms with Crippen LogP contribution in [-0.4, -0.2) is 87.3 Å². The molecular weight excluding hydrogens is 444 g/mol. The minimum absolute atomic E-state index is 0.331. The summed E-state index contributed by atoms with van der Waals surface area (Å²) in [5.41, 5.74) is 5.76.